The molecular weight excluding hydrogens is 264 g/mol. The summed E-state index contributed by atoms with van der Waals surface area (Å²) >= 11 is 0. The molecule has 0 aromatic rings. The molecule has 1 atom stereocenters. The van der Waals surface area contributed by atoms with E-state index in [9.17, 15) is 4.79 Å². The zero-order valence-electron chi connectivity index (χ0n) is 14.3. The number of hydrogen-bond acceptors (Lipinski definition) is 3. The summed E-state index contributed by atoms with van der Waals surface area (Å²) in [5, 5.41) is 2.96. The highest BCUT2D eigenvalue weighted by atomic mass is 16.5. The Labute approximate surface area is 130 Å². The van der Waals surface area contributed by atoms with Crippen molar-refractivity contribution in [3.05, 3.63) is 0 Å². The van der Waals surface area contributed by atoms with Gasteiger partial charge in [0, 0.05) is 13.1 Å². The zero-order valence-corrected chi connectivity index (χ0v) is 14.3. The largest absolute Gasteiger partial charge is 0.361 e. The number of hydrogen-bond donors (Lipinski definition) is 2. The third kappa shape index (κ3) is 5.95. The first-order chi connectivity index (χ1) is 9.92. The van der Waals surface area contributed by atoms with E-state index >= 15 is 0 Å². The van der Waals surface area contributed by atoms with Gasteiger partial charge in [-0.05, 0) is 50.9 Å². The predicted molar refractivity (Wildman–Crippen MR) is 87.0 cm³/mol. The average Bonchev–Trinajstić information content (AvgIpc) is 2.47. The maximum atomic E-state index is 12.1. The number of amides is 1. The second kappa shape index (κ2) is 8.74. The topological polar surface area (TPSA) is 64.3 Å². The van der Waals surface area contributed by atoms with Gasteiger partial charge in [-0.1, -0.05) is 27.2 Å². The van der Waals surface area contributed by atoms with Crippen LogP contribution in [0.1, 0.15) is 66.2 Å². The van der Waals surface area contributed by atoms with Crippen LogP contribution in [0.5, 0.6) is 0 Å². The van der Waals surface area contributed by atoms with E-state index in [2.05, 4.69) is 26.1 Å². The van der Waals surface area contributed by atoms with Crippen LogP contribution >= 0.6 is 0 Å². The lowest BCUT2D eigenvalue weighted by Gasteiger charge is -2.40. The highest BCUT2D eigenvalue weighted by Gasteiger charge is 2.37. The molecule has 1 unspecified atom stereocenters. The van der Waals surface area contributed by atoms with Crippen LogP contribution in [0, 0.1) is 11.8 Å². The molecule has 4 heteroatoms. The number of nitrogens with one attached hydrogen (secondary N) is 1. The number of carbonyl (C=O) groups is 1. The van der Waals surface area contributed by atoms with Gasteiger partial charge < -0.3 is 15.8 Å². The minimum atomic E-state index is -0.418. The molecule has 0 saturated heterocycles. The molecule has 0 spiro atoms. The van der Waals surface area contributed by atoms with Crippen molar-refractivity contribution in [2.24, 2.45) is 17.6 Å². The summed E-state index contributed by atoms with van der Waals surface area (Å²) < 4.78 is 6.10. The standard InChI is InChI=1S/C17H34N2O2/c1-5-15-6-9-17(12-18,10-7-15)21-14(4)16(20)19-11-8-13(2)3/h13-15H,5-12,18H2,1-4H3,(H,19,20). The van der Waals surface area contributed by atoms with E-state index < -0.39 is 6.10 Å². The molecular formula is C17H34N2O2. The molecule has 1 rings (SSSR count). The van der Waals surface area contributed by atoms with Gasteiger partial charge >= 0.3 is 0 Å². The lowest BCUT2D eigenvalue weighted by molar-refractivity contribution is -0.150. The van der Waals surface area contributed by atoms with Crippen LogP contribution in [0.2, 0.25) is 0 Å². The smallest absolute Gasteiger partial charge is 0.248 e. The second-order valence-electron chi connectivity index (χ2n) is 6.97. The number of carbonyl (C=O) groups excluding carboxylic acids is 1. The molecule has 1 aliphatic carbocycles. The maximum absolute atomic E-state index is 12.1. The van der Waals surface area contributed by atoms with E-state index in [1.54, 1.807) is 0 Å². The molecule has 21 heavy (non-hydrogen) atoms. The summed E-state index contributed by atoms with van der Waals surface area (Å²) in [6.45, 7) is 9.62. The fourth-order valence-corrected chi connectivity index (χ4v) is 3.04. The van der Waals surface area contributed by atoms with Crippen LogP contribution in [0.3, 0.4) is 0 Å². The average molecular weight is 298 g/mol. The van der Waals surface area contributed by atoms with E-state index in [4.69, 9.17) is 10.5 Å². The van der Waals surface area contributed by atoms with Gasteiger partial charge in [-0.25, -0.2) is 0 Å². The lowest BCUT2D eigenvalue weighted by atomic mass is 9.77. The van der Waals surface area contributed by atoms with E-state index in [-0.39, 0.29) is 11.5 Å². The third-order valence-electron chi connectivity index (χ3n) is 4.78. The normalized spacial score (nSPS) is 27.6. The minimum absolute atomic E-state index is 0.0129. The molecule has 0 bridgehead atoms. The third-order valence-corrected chi connectivity index (χ3v) is 4.78. The summed E-state index contributed by atoms with van der Waals surface area (Å²) in [4.78, 5) is 12.1. The Morgan fingerprint density at radius 2 is 1.95 bits per heavy atom. The molecule has 4 nitrogen and oxygen atoms in total. The predicted octanol–water partition coefficient (Wildman–Crippen LogP) is 2.85. The van der Waals surface area contributed by atoms with Crippen molar-refractivity contribution in [1.82, 2.24) is 5.32 Å². The van der Waals surface area contributed by atoms with Crippen molar-refractivity contribution >= 4 is 5.91 Å². The summed E-state index contributed by atoms with van der Waals surface area (Å²) in [5.41, 5.74) is 5.67. The van der Waals surface area contributed by atoms with Crippen LogP contribution in [0.4, 0.5) is 0 Å². The van der Waals surface area contributed by atoms with Crippen molar-refractivity contribution in [1.29, 1.82) is 0 Å². The first-order valence-electron chi connectivity index (χ1n) is 8.58. The van der Waals surface area contributed by atoms with Crippen molar-refractivity contribution in [3.8, 4) is 0 Å². The van der Waals surface area contributed by atoms with Crippen molar-refractivity contribution in [3.63, 3.8) is 0 Å². The highest BCUT2D eigenvalue weighted by molar-refractivity contribution is 5.80. The van der Waals surface area contributed by atoms with Crippen molar-refractivity contribution < 1.29 is 9.53 Å². The van der Waals surface area contributed by atoms with E-state index in [1.807, 2.05) is 6.92 Å². The number of rotatable bonds is 8. The second-order valence-corrected chi connectivity index (χ2v) is 6.97. The molecule has 0 heterocycles. The summed E-state index contributed by atoms with van der Waals surface area (Å²) in [5.74, 6) is 1.38. The van der Waals surface area contributed by atoms with Crippen LogP contribution in [-0.2, 0) is 9.53 Å². The summed E-state index contributed by atoms with van der Waals surface area (Å²) in [6.07, 6.45) is 6.09. The van der Waals surface area contributed by atoms with Gasteiger partial charge in [-0.15, -0.1) is 0 Å². The molecule has 1 amide bonds. The van der Waals surface area contributed by atoms with Gasteiger partial charge in [0.05, 0.1) is 5.60 Å². The van der Waals surface area contributed by atoms with E-state index in [1.165, 1.54) is 6.42 Å². The molecule has 0 radical (unpaired) electrons. The highest BCUT2D eigenvalue weighted by Crippen LogP contribution is 2.36. The van der Waals surface area contributed by atoms with Crippen LogP contribution < -0.4 is 11.1 Å². The molecule has 1 aliphatic rings. The molecule has 1 saturated carbocycles. The summed E-state index contributed by atoms with van der Waals surface area (Å²) in [6, 6.07) is 0. The van der Waals surface area contributed by atoms with Gasteiger partial charge in [0.15, 0.2) is 0 Å². The Hall–Kier alpha value is -0.610. The van der Waals surface area contributed by atoms with Crippen LogP contribution in [0.25, 0.3) is 0 Å². The van der Waals surface area contributed by atoms with Crippen molar-refractivity contribution in [2.75, 3.05) is 13.1 Å². The first-order valence-corrected chi connectivity index (χ1v) is 8.58. The number of nitrogens with two attached hydrogens (primary N) is 1. The van der Waals surface area contributed by atoms with Crippen LogP contribution in [-0.4, -0.2) is 30.7 Å². The van der Waals surface area contributed by atoms with E-state index in [0.717, 1.165) is 44.6 Å². The Bertz CT molecular complexity index is 310. The van der Waals surface area contributed by atoms with E-state index in [0.29, 0.717) is 12.5 Å². The van der Waals surface area contributed by atoms with Crippen molar-refractivity contribution in [2.45, 2.75) is 77.9 Å². The maximum Gasteiger partial charge on any atom is 0.248 e. The van der Waals surface area contributed by atoms with Gasteiger partial charge in [0.25, 0.3) is 0 Å². The molecule has 0 aliphatic heterocycles. The monoisotopic (exact) mass is 298 g/mol. The molecule has 1 fully saturated rings. The van der Waals surface area contributed by atoms with Gasteiger partial charge in [-0.3, -0.25) is 4.79 Å². The Morgan fingerprint density at radius 3 is 2.43 bits per heavy atom. The zero-order chi connectivity index (χ0) is 15.9. The minimum Gasteiger partial charge on any atom is -0.361 e. The number of ether oxygens (including phenoxy) is 1. The molecule has 0 aromatic heterocycles. The van der Waals surface area contributed by atoms with Gasteiger partial charge in [0.2, 0.25) is 5.91 Å². The van der Waals surface area contributed by atoms with Gasteiger partial charge in [0.1, 0.15) is 6.10 Å². The SMILES string of the molecule is CCC1CCC(CN)(OC(C)C(=O)NCCC(C)C)CC1. The summed E-state index contributed by atoms with van der Waals surface area (Å²) in [7, 11) is 0. The Morgan fingerprint density at radius 1 is 1.33 bits per heavy atom. The first kappa shape index (κ1) is 18.4. The van der Waals surface area contributed by atoms with Crippen LogP contribution in [0.15, 0.2) is 0 Å². The fourth-order valence-electron chi connectivity index (χ4n) is 3.04. The Balaban J connectivity index is 2.43. The molecule has 0 aromatic carbocycles. The lowest BCUT2D eigenvalue weighted by Crippen LogP contribution is -2.49. The Kier molecular flexibility index (Phi) is 7.67. The fraction of sp³-hybridized carbons (Fsp3) is 0.941. The molecule has 3 N–H and O–H groups in total. The quantitative estimate of drug-likeness (QED) is 0.724. The van der Waals surface area contributed by atoms with Gasteiger partial charge in [-0.2, -0.15) is 0 Å². The molecule has 124 valence electrons.